The number of para-hydroxylation sites is 1. The first kappa shape index (κ1) is 14.1. The maximum Gasteiger partial charge on any atom is 0.139 e. The van der Waals surface area contributed by atoms with E-state index in [2.05, 4.69) is 21.8 Å². The van der Waals surface area contributed by atoms with E-state index in [1.807, 2.05) is 36.4 Å². The first-order valence-electron chi connectivity index (χ1n) is 7.53. The second-order valence-electron chi connectivity index (χ2n) is 5.61. The molecular weight excluding hydrogens is 308 g/mol. The van der Waals surface area contributed by atoms with Gasteiger partial charge in [-0.3, -0.25) is 0 Å². The van der Waals surface area contributed by atoms with Gasteiger partial charge in [-0.05, 0) is 36.2 Å². The van der Waals surface area contributed by atoms with Crippen LogP contribution in [0.3, 0.4) is 0 Å². The molecule has 4 aromatic rings. The number of phenolic OH excluding ortho intramolecular Hbond substituents is 1. The molecule has 2 aromatic carbocycles. The Morgan fingerprint density at radius 3 is 2.57 bits per heavy atom. The van der Waals surface area contributed by atoms with Crippen LogP contribution >= 0.6 is 11.6 Å². The van der Waals surface area contributed by atoms with Crippen LogP contribution in [0.4, 0.5) is 0 Å². The summed E-state index contributed by atoms with van der Waals surface area (Å²) in [6, 6.07) is 17.4. The van der Waals surface area contributed by atoms with Gasteiger partial charge in [0.1, 0.15) is 10.9 Å². The Morgan fingerprint density at radius 1 is 0.957 bits per heavy atom. The standard InChI is InChI=1S/C19H15ClN2O/c20-19-16-10-12-22(11-9-13-5-7-14(23)8-6-13)18(16)15-3-1-2-4-17(15)21-19/h1-8,10,12,23H,9,11H2. The summed E-state index contributed by atoms with van der Waals surface area (Å²) in [5, 5.41) is 12.0. The molecule has 0 saturated heterocycles. The molecule has 0 bridgehead atoms. The van der Waals surface area contributed by atoms with Crippen LogP contribution < -0.4 is 0 Å². The third kappa shape index (κ3) is 2.53. The van der Waals surface area contributed by atoms with Crippen molar-refractivity contribution >= 4 is 33.4 Å². The molecule has 0 fully saturated rings. The Morgan fingerprint density at radius 2 is 1.74 bits per heavy atom. The quantitative estimate of drug-likeness (QED) is 0.551. The molecule has 0 radical (unpaired) electrons. The molecule has 0 aliphatic heterocycles. The van der Waals surface area contributed by atoms with Crippen molar-refractivity contribution in [3.63, 3.8) is 0 Å². The van der Waals surface area contributed by atoms with Crippen molar-refractivity contribution in [1.82, 2.24) is 9.55 Å². The van der Waals surface area contributed by atoms with Gasteiger partial charge in [0.15, 0.2) is 0 Å². The van der Waals surface area contributed by atoms with Crippen LogP contribution in [0.25, 0.3) is 21.8 Å². The molecule has 23 heavy (non-hydrogen) atoms. The molecule has 0 aliphatic carbocycles. The van der Waals surface area contributed by atoms with Gasteiger partial charge in [0.25, 0.3) is 0 Å². The minimum atomic E-state index is 0.295. The highest BCUT2D eigenvalue weighted by Gasteiger charge is 2.11. The molecule has 0 saturated carbocycles. The average Bonchev–Trinajstić information content (AvgIpc) is 2.99. The fourth-order valence-corrected chi connectivity index (χ4v) is 3.22. The number of phenols is 1. The van der Waals surface area contributed by atoms with Crippen molar-refractivity contribution in [2.75, 3.05) is 0 Å². The SMILES string of the molecule is Oc1ccc(CCn2ccc3c(Cl)nc4ccccc4c32)cc1. The van der Waals surface area contributed by atoms with Crippen molar-refractivity contribution in [3.8, 4) is 5.75 Å². The summed E-state index contributed by atoms with van der Waals surface area (Å²) in [5.41, 5.74) is 3.23. The number of rotatable bonds is 3. The summed E-state index contributed by atoms with van der Waals surface area (Å²) in [4.78, 5) is 4.47. The molecule has 0 unspecified atom stereocenters. The minimum absolute atomic E-state index is 0.295. The Hall–Kier alpha value is -2.52. The lowest BCUT2D eigenvalue weighted by Gasteiger charge is -2.09. The molecule has 0 amide bonds. The first-order valence-corrected chi connectivity index (χ1v) is 7.91. The van der Waals surface area contributed by atoms with E-state index in [0.717, 1.165) is 34.8 Å². The van der Waals surface area contributed by atoms with E-state index >= 15 is 0 Å². The molecule has 4 rings (SSSR count). The summed E-state index contributed by atoms with van der Waals surface area (Å²) in [5.74, 6) is 0.295. The zero-order valence-electron chi connectivity index (χ0n) is 12.4. The smallest absolute Gasteiger partial charge is 0.139 e. The number of pyridine rings is 1. The van der Waals surface area contributed by atoms with Gasteiger partial charge in [0.2, 0.25) is 0 Å². The maximum absolute atomic E-state index is 9.37. The van der Waals surface area contributed by atoms with Gasteiger partial charge >= 0.3 is 0 Å². The fraction of sp³-hybridized carbons (Fsp3) is 0.105. The lowest BCUT2D eigenvalue weighted by molar-refractivity contribution is 0.475. The van der Waals surface area contributed by atoms with E-state index in [4.69, 9.17) is 11.6 Å². The topological polar surface area (TPSA) is 38.0 Å². The lowest BCUT2D eigenvalue weighted by atomic mass is 10.1. The highest BCUT2D eigenvalue weighted by atomic mass is 35.5. The zero-order valence-corrected chi connectivity index (χ0v) is 13.2. The van der Waals surface area contributed by atoms with Crippen LogP contribution in [-0.4, -0.2) is 14.7 Å². The van der Waals surface area contributed by atoms with Crippen molar-refractivity contribution < 1.29 is 5.11 Å². The number of aryl methyl sites for hydroxylation is 2. The van der Waals surface area contributed by atoms with Crippen molar-refractivity contribution in [2.45, 2.75) is 13.0 Å². The van der Waals surface area contributed by atoms with Gasteiger partial charge in [-0.15, -0.1) is 0 Å². The largest absolute Gasteiger partial charge is 0.508 e. The first-order chi connectivity index (χ1) is 11.2. The predicted octanol–water partition coefficient (Wildman–Crippen LogP) is 4.79. The monoisotopic (exact) mass is 322 g/mol. The summed E-state index contributed by atoms with van der Waals surface area (Å²) in [6.07, 6.45) is 2.95. The van der Waals surface area contributed by atoms with Crippen LogP contribution in [0.1, 0.15) is 5.56 Å². The normalized spacial score (nSPS) is 11.3. The van der Waals surface area contributed by atoms with Crippen molar-refractivity contribution in [1.29, 1.82) is 0 Å². The fourth-order valence-electron chi connectivity index (χ4n) is 2.97. The van der Waals surface area contributed by atoms with Gasteiger partial charge < -0.3 is 9.67 Å². The molecule has 4 heteroatoms. The number of nitrogens with zero attached hydrogens (tertiary/aromatic N) is 2. The second kappa shape index (κ2) is 5.60. The van der Waals surface area contributed by atoms with E-state index in [0.29, 0.717) is 10.9 Å². The Kier molecular flexibility index (Phi) is 3.43. The lowest BCUT2D eigenvalue weighted by Crippen LogP contribution is -2.00. The van der Waals surface area contributed by atoms with E-state index < -0.39 is 0 Å². The summed E-state index contributed by atoms with van der Waals surface area (Å²) < 4.78 is 2.22. The Balaban J connectivity index is 1.76. The number of halogens is 1. The Bertz CT molecular complexity index is 990. The molecule has 2 heterocycles. The Labute approximate surface area is 138 Å². The van der Waals surface area contributed by atoms with Gasteiger partial charge in [-0.2, -0.15) is 0 Å². The number of benzene rings is 2. The van der Waals surface area contributed by atoms with Gasteiger partial charge in [0, 0.05) is 23.5 Å². The van der Waals surface area contributed by atoms with Crippen LogP contribution in [-0.2, 0) is 13.0 Å². The zero-order chi connectivity index (χ0) is 15.8. The summed E-state index contributed by atoms with van der Waals surface area (Å²) >= 11 is 6.33. The van der Waals surface area contributed by atoms with E-state index in [9.17, 15) is 5.11 Å². The number of fused-ring (bicyclic) bond motifs is 3. The highest BCUT2D eigenvalue weighted by Crippen LogP contribution is 2.30. The molecule has 114 valence electrons. The molecule has 0 spiro atoms. The molecular formula is C19H15ClN2O. The number of hydrogen-bond acceptors (Lipinski definition) is 2. The van der Waals surface area contributed by atoms with E-state index in [1.54, 1.807) is 12.1 Å². The average molecular weight is 323 g/mol. The van der Waals surface area contributed by atoms with Crippen LogP contribution in [0.15, 0.2) is 60.8 Å². The van der Waals surface area contributed by atoms with Crippen molar-refractivity contribution in [3.05, 3.63) is 71.5 Å². The van der Waals surface area contributed by atoms with Crippen LogP contribution in [0.5, 0.6) is 5.75 Å². The number of hydrogen-bond donors (Lipinski definition) is 1. The van der Waals surface area contributed by atoms with E-state index in [-0.39, 0.29) is 0 Å². The van der Waals surface area contributed by atoms with E-state index in [1.165, 1.54) is 5.56 Å². The van der Waals surface area contributed by atoms with Gasteiger partial charge in [-0.25, -0.2) is 4.98 Å². The molecule has 0 atom stereocenters. The molecule has 2 aromatic heterocycles. The third-order valence-corrected chi connectivity index (χ3v) is 4.43. The number of aromatic nitrogens is 2. The minimum Gasteiger partial charge on any atom is -0.508 e. The second-order valence-corrected chi connectivity index (χ2v) is 5.97. The predicted molar refractivity (Wildman–Crippen MR) is 94.1 cm³/mol. The summed E-state index contributed by atoms with van der Waals surface area (Å²) in [7, 11) is 0. The third-order valence-electron chi connectivity index (χ3n) is 4.14. The van der Waals surface area contributed by atoms with Crippen molar-refractivity contribution in [2.24, 2.45) is 0 Å². The number of aromatic hydroxyl groups is 1. The summed E-state index contributed by atoms with van der Waals surface area (Å²) in [6.45, 7) is 0.846. The maximum atomic E-state index is 9.37. The molecule has 0 aliphatic rings. The highest BCUT2D eigenvalue weighted by molar-refractivity contribution is 6.35. The van der Waals surface area contributed by atoms with Gasteiger partial charge in [0.05, 0.1) is 11.0 Å². The molecule has 3 nitrogen and oxygen atoms in total. The molecule has 1 N–H and O–H groups in total. The van der Waals surface area contributed by atoms with Crippen LogP contribution in [0.2, 0.25) is 5.15 Å². The van der Waals surface area contributed by atoms with Gasteiger partial charge in [-0.1, -0.05) is 41.9 Å². The van der Waals surface area contributed by atoms with Crippen LogP contribution in [0, 0.1) is 0 Å².